The van der Waals surface area contributed by atoms with Gasteiger partial charge >= 0.3 is 11.9 Å². The molecule has 0 amide bonds. The fraction of sp³-hybridized carbons (Fsp3) is 0.773. The van der Waals surface area contributed by atoms with Gasteiger partial charge in [0.1, 0.15) is 5.75 Å². The van der Waals surface area contributed by atoms with Crippen molar-refractivity contribution >= 4 is 11.9 Å². The summed E-state index contributed by atoms with van der Waals surface area (Å²) in [5.41, 5.74) is 4.25. The maximum absolute atomic E-state index is 12.6. The highest BCUT2D eigenvalue weighted by atomic mass is 16.5. The Morgan fingerprint density at radius 2 is 1.06 bits per heavy atom. The van der Waals surface area contributed by atoms with Crippen LogP contribution in [0.5, 0.6) is 5.75 Å². The number of aliphatic hydroxyl groups is 1. The van der Waals surface area contributed by atoms with Crippen LogP contribution in [0.4, 0.5) is 0 Å². The Morgan fingerprint density at radius 3 is 1.65 bits per heavy atom. The second kappa shape index (κ2) is 33.0. The van der Waals surface area contributed by atoms with E-state index in [1.807, 2.05) is 6.07 Å². The van der Waals surface area contributed by atoms with Crippen LogP contribution in [0.1, 0.15) is 205 Å². The summed E-state index contributed by atoms with van der Waals surface area (Å²) in [6.07, 6.45) is 33.9. The van der Waals surface area contributed by atoms with E-state index in [-0.39, 0.29) is 18.5 Å². The van der Waals surface area contributed by atoms with Crippen molar-refractivity contribution < 1.29 is 24.2 Å². The first-order chi connectivity index (χ1) is 24.0. The van der Waals surface area contributed by atoms with E-state index in [9.17, 15) is 14.7 Å². The van der Waals surface area contributed by atoms with Gasteiger partial charge in [0.25, 0.3) is 0 Å². The molecule has 1 N–H and O–H groups in total. The highest BCUT2D eigenvalue weighted by Gasteiger charge is 2.10. The Morgan fingerprint density at radius 1 is 0.571 bits per heavy atom. The normalized spacial score (nSPS) is 11.6. The Hall–Kier alpha value is -2.14. The third kappa shape index (κ3) is 26.4. The Bertz CT molecular complexity index is 968. The van der Waals surface area contributed by atoms with Gasteiger partial charge in [-0.3, -0.25) is 9.59 Å². The molecule has 0 aromatic heterocycles. The second-order valence-corrected chi connectivity index (χ2v) is 14.2. The first-order valence-electron chi connectivity index (χ1n) is 20.8. The molecule has 5 heteroatoms. The summed E-state index contributed by atoms with van der Waals surface area (Å²) in [5.74, 6) is 0.556. The summed E-state index contributed by atoms with van der Waals surface area (Å²) in [7, 11) is 0. The van der Waals surface area contributed by atoms with Gasteiger partial charge in [-0.05, 0) is 100 Å². The first-order valence-corrected chi connectivity index (χ1v) is 20.8. The van der Waals surface area contributed by atoms with Crippen LogP contribution in [-0.4, -0.2) is 30.3 Å². The lowest BCUT2D eigenvalue weighted by atomic mass is 9.97. The van der Waals surface area contributed by atoms with Crippen molar-refractivity contribution in [1.82, 2.24) is 0 Å². The van der Waals surface area contributed by atoms with Gasteiger partial charge in [-0.25, -0.2) is 0 Å². The average molecular weight is 685 g/mol. The van der Waals surface area contributed by atoms with Gasteiger partial charge in [-0.15, -0.1) is 0 Å². The second-order valence-electron chi connectivity index (χ2n) is 14.2. The van der Waals surface area contributed by atoms with Crippen molar-refractivity contribution in [2.24, 2.45) is 0 Å². The fourth-order valence-electron chi connectivity index (χ4n) is 6.50. The van der Waals surface area contributed by atoms with Crippen molar-refractivity contribution in [1.29, 1.82) is 0 Å². The SMILES string of the molecule is CCCCCCCCOC(=O)CCCCCCC/C(=C\CCO)CCCCCCCC(=O)Oc1ccc(CCCCC)c(CCCCC)c1. The van der Waals surface area contributed by atoms with E-state index in [0.717, 1.165) is 89.9 Å². The van der Waals surface area contributed by atoms with Gasteiger partial charge in [-0.2, -0.15) is 0 Å². The molecule has 0 unspecified atom stereocenters. The zero-order valence-electron chi connectivity index (χ0n) is 32.3. The minimum atomic E-state index is -0.115. The third-order valence-corrected chi connectivity index (χ3v) is 9.59. The van der Waals surface area contributed by atoms with E-state index in [4.69, 9.17) is 9.47 Å². The van der Waals surface area contributed by atoms with Crippen LogP contribution >= 0.6 is 0 Å². The predicted octanol–water partition coefficient (Wildman–Crippen LogP) is 12.7. The molecule has 0 fully saturated rings. The zero-order valence-corrected chi connectivity index (χ0v) is 32.3. The van der Waals surface area contributed by atoms with Gasteiger partial charge in [0, 0.05) is 19.4 Å². The molecule has 0 atom stereocenters. The molecule has 0 aliphatic heterocycles. The molecular formula is C44H76O5. The number of unbranched alkanes of at least 4 members (excludes halogenated alkanes) is 17. The third-order valence-electron chi connectivity index (χ3n) is 9.59. The van der Waals surface area contributed by atoms with E-state index in [0.29, 0.717) is 25.2 Å². The average Bonchev–Trinajstić information content (AvgIpc) is 3.10. The van der Waals surface area contributed by atoms with Crippen molar-refractivity contribution in [3.63, 3.8) is 0 Å². The van der Waals surface area contributed by atoms with Crippen molar-refractivity contribution in [3.05, 3.63) is 41.0 Å². The van der Waals surface area contributed by atoms with E-state index in [1.54, 1.807) is 0 Å². The maximum atomic E-state index is 12.6. The van der Waals surface area contributed by atoms with Crippen molar-refractivity contribution in [2.45, 2.75) is 207 Å². The molecule has 5 nitrogen and oxygen atoms in total. The Labute approximate surface area is 302 Å². The summed E-state index contributed by atoms with van der Waals surface area (Å²) in [4.78, 5) is 24.5. The molecule has 0 aliphatic carbocycles. The highest BCUT2D eigenvalue weighted by molar-refractivity contribution is 5.72. The fourth-order valence-corrected chi connectivity index (χ4v) is 6.50. The largest absolute Gasteiger partial charge is 0.466 e. The monoisotopic (exact) mass is 685 g/mol. The van der Waals surface area contributed by atoms with Gasteiger partial charge < -0.3 is 14.6 Å². The minimum absolute atomic E-state index is 0.0343. The van der Waals surface area contributed by atoms with E-state index in [1.165, 1.54) is 100 Å². The molecule has 0 saturated heterocycles. The standard InChI is InChI=1S/C44H76O5/c1-4-7-10-11-18-25-37-48-43(46)32-23-16-12-14-21-27-39(29-26-36-45)28-22-15-13-17-24-33-44(47)49-42-35-34-40(30-19-8-5-2)41(38-42)31-20-9-6-3/h29,34-35,38,45H,4-28,30-33,36-37H2,1-3H3/b39-29+. The summed E-state index contributed by atoms with van der Waals surface area (Å²) >= 11 is 0. The molecule has 1 aromatic rings. The summed E-state index contributed by atoms with van der Waals surface area (Å²) in [6, 6.07) is 6.29. The smallest absolute Gasteiger partial charge is 0.311 e. The zero-order chi connectivity index (χ0) is 35.6. The summed E-state index contributed by atoms with van der Waals surface area (Å²) in [5, 5.41) is 9.34. The molecule has 49 heavy (non-hydrogen) atoms. The number of aryl methyl sites for hydroxylation is 2. The summed E-state index contributed by atoms with van der Waals surface area (Å²) in [6.45, 7) is 7.49. The molecule has 282 valence electrons. The topological polar surface area (TPSA) is 72.8 Å². The lowest BCUT2D eigenvalue weighted by Crippen LogP contribution is -2.08. The van der Waals surface area contributed by atoms with E-state index < -0.39 is 0 Å². The number of allylic oxidation sites excluding steroid dienone is 1. The first kappa shape index (κ1) is 44.9. The van der Waals surface area contributed by atoms with Crippen LogP contribution < -0.4 is 4.74 Å². The van der Waals surface area contributed by atoms with Crippen LogP contribution in [0.2, 0.25) is 0 Å². The molecule has 0 radical (unpaired) electrons. The lowest BCUT2D eigenvalue weighted by molar-refractivity contribution is -0.144. The number of rotatable bonds is 34. The van der Waals surface area contributed by atoms with Crippen LogP contribution in [0.3, 0.4) is 0 Å². The maximum Gasteiger partial charge on any atom is 0.311 e. The van der Waals surface area contributed by atoms with Crippen LogP contribution in [0.15, 0.2) is 29.8 Å². The molecule has 0 aliphatic rings. The molecule has 0 saturated carbocycles. The molecule has 0 spiro atoms. The minimum Gasteiger partial charge on any atom is -0.466 e. The van der Waals surface area contributed by atoms with Crippen molar-refractivity contribution in [3.8, 4) is 5.75 Å². The number of hydrogen-bond acceptors (Lipinski definition) is 5. The van der Waals surface area contributed by atoms with Crippen LogP contribution in [0.25, 0.3) is 0 Å². The van der Waals surface area contributed by atoms with E-state index >= 15 is 0 Å². The molecule has 1 aromatic carbocycles. The number of ether oxygens (including phenoxy) is 2. The molecule has 0 heterocycles. The Balaban J connectivity index is 2.18. The van der Waals surface area contributed by atoms with Gasteiger partial charge in [0.2, 0.25) is 0 Å². The predicted molar refractivity (Wildman–Crippen MR) is 207 cm³/mol. The number of benzene rings is 1. The van der Waals surface area contributed by atoms with Gasteiger partial charge in [0.05, 0.1) is 6.61 Å². The van der Waals surface area contributed by atoms with Crippen LogP contribution in [-0.2, 0) is 27.2 Å². The quantitative estimate of drug-likeness (QED) is 0.0338. The number of aliphatic hydroxyl groups excluding tert-OH is 1. The van der Waals surface area contributed by atoms with Crippen molar-refractivity contribution in [2.75, 3.05) is 13.2 Å². The summed E-state index contributed by atoms with van der Waals surface area (Å²) < 4.78 is 11.2. The van der Waals surface area contributed by atoms with Crippen LogP contribution in [0, 0.1) is 0 Å². The number of esters is 2. The van der Waals surface area contributed by atoms with Gasteiger partial charge in [0.15, 0.2) is 0 Å². The number of hydrogen-bond donors (Lipinski definition) is 1. The highest BCUT2D eigenvalue weighted by Crippen LogP contribution is 2.24. The molecular weight excluding hydrogens is 608 g/mol. The number of carbonyl (C=O) groups excluding carboxylic acids is 2. The van der Waals surface area contributed by atoms with Gasteiger partial charge in [-0.1, -0.05) is 135 Å². The Kier molecular flexibility index (Phi) is 30.3. The van der Waals surface area contributed by atoms with E-state index in [2.05, 4.69) is 39.0 Å². The lowest BCUT2D eigenvalue weighted by Gasteiger charge is -2.12. The molecule has 1 rings (SSSR count). The number of carbonyl (C=O) groups is 2. The molecule has 0 bridgehead atoms.